The average Bonchev–Trinajstić information content (AvgIpc) is 2.99. The molecule has 0 radical (unpaired) electrons. The topological polar surface area (TPSA) is 30.9 Å². The van der Waals surface area contributed by atoms with E-state index in [0.717, 1.165) is 19.5 Å². The molecule has 2 aromatic rings. The standard InChI is InChI=1S/C15H18N2S/c16-7-5-12-6-8-17(9-12)10-13-11-18-15-4-2-1-3-14(13)15/h1-4,6,8-9,13H,5,7,10-11,16H2. The Balaban J connectivity index is 1.73. The van der Waals surface area contributed by atoms with Gasteiger partial charge in [-0.05, 0) is 36.2 Å². The van der Waals surface area contributed by atoms with E-state index < -0.39 is 0 Å². The van der Waals surface area contributed by atoms with Crippen LogP contribution in [0.5, 0.6) is 0 Å². The third kappa shape index (κ3) is 2.33. The highest BCUT2D eigenvalue weighted by molar-refractivity contribution is 7.99. The Morgan fingerprint density at radius 3 is 3.06 bits per heavy atom. The van der Waals surface area contributed by atoms with Crippen molar-refractivity contribution in [2.24, 2.45) is 5.73 Å². The monoisotopic (exact) mass is 258 g/mol. The minimum atomic E-state index is 0.643. The zero-order valence-electron chi connectivity index (χ0n) is 10.4. The predicted octanol–water partition coefficient (Wildman–Crippen LogP) is 2.88. The molecule has 0 bridgehead atoms. The molecule has 1 aliphatic rings. The predicted molar refractivity (Wildman–Crippen MR) is 77.1 cm³/mol. The van der Waals surface area contributed by atoms with Crippen LogP contribution in [0.25, 0.3) is 0 Å². The smallest absolute Gasteiger partial charge is 0.0297 e. The van der Waals surface area contributed by atoms with Crippen molar-refractivity contribution in [3.05, 3.63) is 53.9 Å². The summed E-state index contributed by atoms with van der Waals surface area (Å²) in [5.74, 6) is 1.84. The summed E-state index contributed by atoms with van der Waals surface area (Å²) < 4.78 is 2.30. The molecule has 0 saturated heterocycles. The number of rotatable bonds is 4. The molecule has 1 unspecified atom stereocenters. The van der Waals surface area contributed by atoms with E-state index in [1.54, 1.807) is 0 Å². The van der Waals surface area contributed by atoms with Crippen molar-refractivity contribution in [1.82, 2.24) is 4.57 Å². The molecule has 0 aliphatic carbocycles. The maximum Gasteiger partial charge on any atom is 0.0297 e. The van der Waals surface area contributed by atoms with Crippen molar-refractivity contribution in [2.45, 2.75) is 23.8 Å². The van der Waals surface area contributed by atoms with Crippen LogP contribution >= 0.6 is 11.8 Å². The molecule has 2 heterocycles. The SMILES string of the molecule is NCCc1ccn(CC2CSc3ccccc32)c1. The number of benzene rings is 1. The van der Waals surface area contributed by atoms with Gasteiger partial charge in [0.2, 0.25) is 0 Å². The summed E-state index contributed by atoms with van der Waals surface area (Å²) in [5.41, 5.74) is 8.44. The molecular weight excluding hydrogens is 240 g/mol. The fourth-order valence-electron chi connectivity index (χ4n) is 2.55. The summed E-state index contributed by atoms with van der Waals surface area (Å²) in [7, 11) is 0. The molecule has 94 valence electrons. The average molecular weight is 258 g/mol. The van der Waals surface area contributed by atoms with Crippen LogP contribution in [0.4, 0.5) is 0 Å². The minimum absolute atomic E-state index is 0.643. The molecule has 2 nitrogen and oxygen atoms in total. The van der Waals surface area contributed by atoms with Gasteiger partial charge in [-0.3, -0.25) is 0 Å². The van der Waals surface area contributed by atoms with Crippen molar-refractivity contribution < 1.29 is 0 Å². The van der Waals surface area contributed by atoms with Crippen LogP contribution in [0.1, 0.15) is 17.0 Å². The van der Waals surface area contributed by atoms with Gasteiger partial charge in [-0.2, -0.15) is 0 Å². The van der Waals surface area contributed by atoms with Gasteiger partial charge in [0.05, 0.1) is 0 Å². The largest absolute Gasteiger partial charge is 0.353 e. The lowest BCUT2D eigenvalue weighted by atomic mass is 10.0. The van der Waals surface area contributed by atoms with Crippen LogP contribution in [0.15, 0.2) is 47.6 Å². The molecule has 0 fully saturated rings. The zero-order valence-corrected chi connectivity index (χ0v) is 11.2. The Kier molecular flexibility index (Phi) is 3.43. The van der Waals surface area contributed by atoms with E-state index in [0.29, 0.717) is 5.92 Å². The summed E-state index contributed by atoms with van der Waals surface area (Å²) in [6.45, 7) is 1.81. The zero-order chi connectivity index (χ0) is 12.4. The number of nitrogens with zero attached hydrogens (tertiary/aromatic N) is 1. The first kappa shape index (κ1) is 11.9. The van der Waals surface area contributed by atoms with Gasteiger partial charge in [-0.15, -0.1) is 11.8 Å². The maximum absolute atomic E-state index is 5.58. The van der Waals surface area contributed by atoms with Gasteiger partial charge in [0.1, 0.15) is 0 Å². The minimum Gasteiger partial charge on any atom is -0.353 e. The molecule has 3 heteroatoms. The van der Waals surface area contributed by atoms with Crippen molar-refractivity contribution >= 4 is 11.8 Å². The first-order valence-corrected chi connectivity index (χ1v) is 7.42. The van der Waals surface area contributed by atoms with Gasteiger partial charge in [0, 0.05) is 35.5 Å². The highest BCUT2D eigenvalue weighted by atomic mass is 32.2. The second-order valence-corrected chi connectivity index (χ2v) is 5.86. The lowest BCUT2D eigenvalue weighted by molar-refractivity contribution is 0.607. The van der Waals surface area contributed by atoms with Crippen LogP contribution in [-0.4, -0.2) is 16.9 Å². The molecular formula is C15H18N2S. The number of thioether (sulfide) groups is 1. The van der Waals surface area contributed by atoms with Crippen LogP contribution < -0.4 is 5.73 Å². The van der Waals surface area contributed by atoms with Crippen LogP contribution in [0.3, 0.4) is 0 Å². The highest BCUT2D eigenvalue weighted by Gasteiger charge is 2.22. The van der Waals surface area contributed by atoms with Gasteiger partial charge >= 0.3 is 0 Å². The molecule has 1 atom stereocenters. The summed E-state index contributed by atoms with van der Waals surface area (Å²) in [6, 6.07) is 11.0. The summed E-state index contributed by atoms with van der Waals surface area (Å²) in [6.07, 6.45) is 5.39. The third-order valence-electron chi connectivity index (χ3n) is 3.47. The normalized spacial score (nSPS) is 17.9. The van der Waals surface area contributed by atoms with Gasteiger partial charge in [-0.25, -0.2) is 0 Å². The second-order valence-electron chi connectivity index (χ2n) is 4.80. The first-order chi connectivity index (χ1) is 8.86. The number of fused-ring (bicyclic) bond motifs is 1. The molecule has 1 aromatic heterocycles. The van der Waals surface area contributed by atoms with Gasteiger partial charge in [0.25, 0.3) is 0 Å². The van der Waals surface area contributed by atoms with Gasteiger partial charge < -0.3 is 10.3 Å². The molecule has 18 heavy (non-hydrogen) atoms. The van der Waals surface area contributed by atoms with E-state index in [-0.39, 0.29) is 0 Å². The van der Waals surface area contributed by atoms with Gasteiger partial charge in [0.15, 0.2) is 0 Å². The second kappa shape index (κ2) is 5.21. The number of aromatic nitrogens is 1. The molecule has 3 rings (SSSR count). The van der Waals surface area contributed by atoms with Gasteiger partial charge in [-0.1, -0.05) is 18.2 Å². The lowest BCUT2D eigenvalue weighted by Gasteiger charge is -2.11. The Bertz CT molecular complexity index is 533. The number of hydrogen-bond donors (Lipinski definition) is 1. The van der Waals surface area contributed by atoms with E-state index in [1.165, 1.54) is 21.8 Å². The third-order valence-corrected chi connectivity index (χ3v) is 4.73. The Morgan fingerprint density at radius 1 is 1.28 bits per heavy atom. The Morgan fingerprint density at radius 2 is 2.17 bits per heavy atom. The molecule has 1 aromatic carbocycles. The summed E-state index contributed by atoms with van der Waals surface area (Å²) in [4.78, 5) is 1.46. The van der Waals surface area contributed by atoms with Crippen molar-refractivity contribution in [2.75, 3.05) is 12.3 Å². The molecule has 0 saturated carbocycles. The molecule has 0 amide bonds. The fraction of sp³-hybridized carbons (Fsp3) is 0.333. The van der Waals surface area contributed by atoms with E-state index in [1.807, 2.05) is 11.8 Å². The first-order valence-electron chi connectivity index (χ1n) is 6.43. The lowest BCUT2D eigenvalue weighted by Crippen LogP contribution is -2.07. The number of hydrogen-bond acceptors (Lipinski definition) is 2. The van der Waals surface area contributed by atoms with Crippen LogP contribution in [-0.2, 0) is 13.0 Å². The molecule has 0 spiro atoms. The van der Waals surface area contributed by atoms with Crippen molar-refractivity contribution in [3.8, 4) is 0 Å². The molecule has 2 N–H and O–H groups in total. The molecule has 1 aliphatic heterocycles. The Labute approximate surface area is 112 Å². The summed E-state index contributed by atoms with van der Waals surface area (Å²) in [5, 5.41) is 0. The van der Waals surface area contributed by atoms with E-state index >= 15 is 0 Å². The van der Waals surface area contributed by atoms with Crippen molar-refractivity contribution in [3.63, 3.8) is 0 Å². The number of nitrogens with two attached hydrogens (primary N) is 1. The van der Waals surface area contributed by atoms with E-state index in [9.17, 15) is 0 Å². The maximum atomic E-state index is 5.58. The van der Waals surface area contributed by atoms with Crippen molar-refractivity contribution in [1.29, 1.82) is 0 Å². The van der Waals surface area contributed by atoms with Crippen LogP contribution in [0, 0.1) is 0 Å². The van der Waals surface area contributed by atoms with E-state index in [4.69, 9.17) is 5.73 Å². The Hall–Kier alpha value is -1.19. The fourth-order valence-corrected chi connectivity index (χ4v) is 3.80. The highest BCUT2D eigenvalue weighted by Crippen LogP contribution is 2.40. The van der Waals surface area contributed by atoms with E-state index in [2.05, 4.69) is 47.3 Å². The summed E-state index contributed by atoms with van der Waals surface area (Å²) >= 11 is 1.98. The quantitative estimate of drug-likeness (QED) is 0.914. The van der Waals surface area contributed by atoms with Crippen LogP contribution in [0.2, 0.25) is 0 Å².